The van der Waals surface area contributed by atoms with Gasteiger partial charge in [-0.2, -0.15) is 0 Å². The normalized spacial score (nSPS) is 19.7. The maximum Gasteiger partial charge on any atom is 0.126 e. The van der Waals surface area contributed by atoms with Crippen molar-refractivity contribution in [2.75, 3.05) is 13.2 Å². The summed E-state index contributed by atoms with van der Waals surface area (Å²) in [6.07, 6.45) is 0.781. The average Bonchev–Trinajstić information content (AvgIpc) is 2.14. The Morgan fingerprint density at radius 1 is 1.71 bits per heavy atom. The summed E-state index contributed by atoms with van der Waals surface area (Å²) in [5, 5.41) is 0. The third-order valence-electron chi connectivity index (χ3n) is 0.969. The van der Waals surface area contributed by atoms with E-state index in [-0.39, 0.29) is 0 Å². The molecule has 0 aromatic rings. The summed E-state index contributed by atoms with van der Waals surface area (Å²) in [5.41, 5.74) is 0.764. The number of hydrogen-bond acceptors (Lipinski definition) is 2. The third kappa shape index (κ3) is 0.889. The quantitative estimate of drug-likeness (QED) is 0.403. The van der Waals surface area contributed by atoms with Gasteiger partial charge in [-0.25, -0.2) is 4.79 Å². The van der Waals surface area contributed by atoms with E-state index in [0.717, 1.165) is 12.0 Å². The van der Waals surface area contributed by atoms with E-state index in [1.165, 1.54) is 0 Å². The monoisotopic (exact) mass is 98.0 g/mol. The molecule has 1 rings (SSSR count). The summed E-state index contributed by atoms with van der Waals surface area (Å²) in [4.78, 5) is 9.77. The number of ether oxygens (including phenoxy) is 1. The van der Waals surface area contributed by atoms with Crippen molar-refractivity contribution in [2.24, 2.45) is 0 Å². The lowest BCUT2D eigenvalue weighted by molar-refractivity contribution is 0.205. The number of rotatable bonds is 0. The van der Waals surface area contributed by atoms with Crippen LogP contribution < -0.4 is 0 Å². The highest BCUT2D eigenvalue weighted by Gasteiger charge is 2.05. The van der Waals surface area contributed by atoms with Gasteiger partial charge in [-0.05, 0) is 0 Å². The molecule has 1 saturated heterocycles. The molecule has 1 aliphatic rings. The van der Waals surface area contributed by atoms with Crippen molar-refractivity contribution in [3.8, 4) is 0 Å². The highest BCUT2D eigenvalue weighted by molar-refractivity contribution is 5.53. The SMILES string of the molecule is O=C=C1CCOC1. The highest BCUT2D eigenvalue weighted by atomic mass is 16.5. The second-order valence-electron chi connectivity index (χ2n) is 1.51. The Balaban J connectivity index is 2.57. The molecule has 0 atom stereocenters. The molecule has 2 nitrogen and oxygen atoms in total. The van der Waals surface area contributed by atoms with Crippen LogP contribution in [-0.2, 0) is 9.53 Å². The third-order valence-corrected chi connectivity index (χ3v) is 0.969. The first-order valence-electron chi connectivity index (χ1n) is 2.24. The summed E-state index contributed by atoms with van der Waals surface area (Å²) in [6, 6.07) is 0. The van der Waals surface area contributed by atoms with Crippen LogP contribution in [0.3, 0.4) is 0 Å². The Kier molecular flexibility index (Phi) is 1.25. The van der Waals surface area contributed by atoms with Gasteiger partial charge in [0.1, 0.15) is 5.94 Å². The zero-order valence-electron chi connectivity index (χ0n) is 3.94. The van der Waals surface area contributed by atoms with Crippen molar-refractivity contribution in [3.05, 3.63) is 5.57 Å². The van der Waals surface area contributed by atoms with Crippen molar-refractivity contribution >= 4 is 5.94 Å². The van der Waals surface area contributed by atoms with E-state index in [1.54, 1.807) is 5.94 Å². The fraction of sp³-hybridized carbons (Fsp3) is 0.600. The van der Waals surface area contributed by atoms with Gasteiger partial charge in [0.25, 0.3) is 0 Å². The van der Waals surface area contributed by atoms with E-state index < -0.39 is 0 Å². The minimum Gasteiger partial charge on any atom is -0.376 e. The molecule has 1 fully saturated rings. The van der Waals surface area contributed by atoms with Gasteiger partial charge < -0.3 is 4.74 Å². The van der Waals surface area contributed by atoms with Gasteiger partial charge >= 0.3 is 0 Å². The molecule has 0 radical (unpaired) electrons. The average molecular weight is 98.1 g/mol. The molecule has 0 spiro atoms. The summed E-state index contributed by atoms with van der Waals surface area (Å²) >= 11 is 0. The van der Waals surface area contributed by atoms with E-state index in [9.17, 15) is 4.79 Å². The minimum atomic E-state index is 0.503. The second-order valence-corrected chi connectivity index (χ2v) is 1.51. The van der Waals surface area contributed by atoms with Crippen LogP contribution in [0.4, 0.5) is 0 Å². The summed E-state index contributed by atoms with van der Waals surface area (Å²) in [5.74, 6) is 1.81. The summed E-state index contributed by atoms with van der Waals surface area (Å²) in [7, 11) is 0. The first kappa shape index (κ1) is 4.57. The maximum absolute atomic E-state index is 9.77. The lowest BCUT2D eigenvalue weighted by atomic mass is 10.3. The molecule has 0 saturated carbocycles. The van der Waals surface area contributed by atoms with E-state index in [2.05, 4.69) is 0 Å². The Morgan fingerprint density at radius 3 is 2.86 bits per heavy atom. The zero-order chi connectivity index (χ0) is 5.11. The smallest absolute Gasteiger partial charge is 0.126 e. The second kappa shape index (κ2) is 1.92. The Bertz CT molecular complexity index is 103. The molecule has 1 heterocycles. The molecular formula is C5H6O2. The summed E-state index contributed by atoms with van der Waals surface area (Å²) < 4.78 is 4.85. The van der Waals surface area contributed by atoms with Gasteiger partial charge in [0.2, 0.25) is 0 Å². The molecule has 38 valence electrons. The fourth-order valence-electron chi connectivity index (χ4n) is 0.543. The van der Waals surface area contributed by atoms with E-state index in [4.69, 9.17) is 4.74 Å². The minimum absolute atomic E-state index is 0.503. The maximum atomic E-state index is 9.77. The van der Waals surface area contributed by atoms with Gasteiger partial charge in [0.15, 0.2) is 0 Å². The van der Waals surface area contributed by atoms with Crippen molar-refractivity contribution < 1.29 is 9.53 Å². The summed E-state index contributed by atoms with van der Waals surface area (Å²) in [6.45, 7) is 1.20. The van der Waals surface area contributed by atoms with Crippen molar-refractivity contribution in [2.45, 2.75) is 6.42 Å². The largest absolute Gasteiger partial charge is 0.376 e. The van der Waals surface area contributed by atoms with Crippen LogP contribution >= 0.6 is 0 Å². The number of carbonyl (C=O) groups excluding carboxylic acids is 1. The van der Waals surface area contributed by atoms with Crippen LogP contribution in [0.2, 0.25) is 0 Å². The lowest BCUT2D eigenvalue weighted by Gasteiger charge is -1.77. The number of hydrogen-bond donors (Lipinski definition) is 0. The van der Waals surface area contributed by atoms with Gasteiger partial charge in [-0.1, -0.05) is 0 Å². The van der Waals surface area contributed by atoms with Crippen LogP contribution in [-0.4, -0.2) is 19.2 Å². The van der Waals surface area contributed by atoms with E-state index >= 15 is 0 Å². The van der Waals surface area contributed by atoms with Crippen LogP contribution in [0, 0.1) is 0 Å². The Hall–Kier alpha value is -0.590. The Labute approximate surface area is 41.8 Å². The van der Waals surface area contributed by atoms with Crippen molar-refractivity contribution in [3.63, 3.8) is 0 Å². The first-order valence-corrected chi connectivity index (χ1v) is 2.24. The van der Waals surface area contributed by atoms with Crippen LogP contribution in [0.5, 0.6) is 0 Å². The molecule has 0 amide bonds. The predicted octanol–water partition coefficient (Wildman–Crippen LogP) is 0.165. The molecule has 2 heteroatoms. The molecule has 0 aromatic heterocycles. The van der Waals surface area contributed by atoms with Crippen LogP contribution in [0.25, 0.3) is 0 Å². The Morgan fingerprint density at radius 2 is 2.57 bits per heavy atom. The lowest BCUT2D eigenvalue weighted by Crippen LogP contribution is -1.79. The molecule has 0 bridgehead atoms. The predicted molar refractivity (Wildman–Crippen MR) is 24.6 cm³/mol. The van der Waals surface area contributed by atoms with Gasteiger partial charge in [0.05, 0.1) is 13.2 Å². The van der Waals surface area contributed by atoms with Gasteiger partial charge in [-0.3, -0.25) is 0 Å². The molecule has 0 N–H and O–H groups in total. The standard InChI is InChI=1S/C5H6O2/c6-3-5-1-2-7-4-5/h1-2,4H2. The molecule has 0 aliphatic carbocycles. The zero-order valence-corrected chi connectivity index (χ0v) is 3.94. The van der Waals surface area contributed by atoms with Crippen molar-refractivity contribution in [1.29, 1.82) is 0 Å². The van der Waals surface area contributed by atoms with E-state index in [0.29, 0.717) is 13.2 Å². The topological polar surface area (TPSA) is 26.3 Å². The van der Waals surface area contributed by atoms with Crippen LogP contribution in [0.15, 0.2) is 5.57 Å². The first-order chi connectivity index (χ1) is 3.43. The molecule has 0 unspecified atom stereocenters. The van der Waals surface area contributed by atoms with Crippen molar-refractivity contribution in [1.82, 2.24) is 0 Å². The molecule has 7 heavy (non-hydrogen) atoms. The highest BCUT2D eigenvalue weighted by Crippen LogP contribution is 2.05. The molecular weight excluding hydrogens is 92.1 g/mol. The van der Waals surface area contributed by atoms with E-state index in [1.807, 2.05) is 0 Å². The van der Waals surface area contributed by atoms with Gasteiger partial charge in [-0.15, -0.1) is 0 Å². The van der Waals surface area contributed by atoms with Crippen LogP contribution in [0.1, 0.15) is 6.42 Å². The fourth-order valence-corrected chi connectivity index (χ4v) is 0.543. The van der Waals surface area contributed by atoms with Gasteiger partial charge in [0, 0.05) is 12.0 Å². The molecule has 1 aliphatic heterocycles. The molecule has 0 aromatic carbocycles.